The predicted octanol–water partition coefficient (Wildman–Crippen LogP) is 1.22. The largest absolute Gasteiger partial charge is 0.368 e. The van der Waals surface area contributed by atoms with Crippen molar-refractivity contribution < 1.29 is 14.1 Å². The fourth-order valence-electron chi connectivity index (χ4n) is 2.73. The number of aromatic nitrogens is 1. The topological polar surface area (TPSA) is 98.2 Å². The molecule has 20 heavy (non-hydrogen) atoms. The third-order valence-corrected chi connectivity index (χ3v) is 3.82. The van der Waals surface area contributed by atoms with E-state index in [1.165, 1.54) is 0 Å². The Morgan fingerprint density at radius 3 is 2.50 bits per heavy atom. The number of carbonyl (C=O) groups excluding carboxylic acids is 2. The van der Waals surface area contributed by atoms with Crippen LogP contribution in [0, 0.1) is 6.92 Å². The number of amides is 2. The van der Waals surface area contributed by atoms with Gasteiger partial charge in [0.25, 0.3) is 0 Å². The van der Waals surface area contributed by atoms with Gasteiger partial charge in [0.2, 0.25) is 11.8 Å². The number of rotatable bonds is 4. The zero-order chi connectivity index (χ0) is 14.6. The fraction of sp³-hybridized carbons (Fsp3) is 0.643. The van der Waals surface area contributed by atoms with E-state index >= 15 is 0 Å². The molecule has 3 N–H and O–H groups in total. The normalized spacial score (nSPS) is 18.2. The third-order valence-electron chi connectivity index (χ3n) is 3.82. The Hall–Kier alpha value is -1.85. The van der Waals surface area contributed by atoms with Gasteiger partial charge in [0.15, 0.2) is 0 Å². The van der Waals surface area contributed by atoms with Gasteiger partial charge < -0.3 is 15.6 Å². The van der Waals surface area contributed by atoms with E-state index in [2.05, 4.69) is 10.5 Å². The van der Waals surface area contributed by atoms with E-state index in [1.807, 2.05) is 0 Å². The van der Waals surface area contributed by atoms with Gasteiger partial charge in [-0.25, -0.2) is 0 Å². The lowest BCUT2D eigenvalue weighted by Gasteiger charge is -2.30. The van der Waals surface area contributed by atoms with Crippen molar-refractivity contribution in [1.29, 1.82) is 0 Å². The van der Waals surface area contributed by atoms with Gasteiger partial charge in [-0.05, 0) is 19.8 Å². The molecule has 0 aromatic carbocycles. The second kappa shape index (κ2) is 6.07. The summed E-state index contributed by atoms with van der Waals surface area (Å²) in [6, 6.07) is 1.71. The molecule has 1 aromatic rings. The molecule has 0 saturated heterocycles. The number of primary amides is 1. The molecule has 1 fully saturated rings. The summed E-state index contributed by atoms with van der Waals surface area (Å²) in [5, 5.41) is 6.57. The molecular formula is C14H21N3O3. The molecule has 0 radical (unpaired) electrons. The summed E-state index contributed by atoms with van der Waals surface area (Å²) >= 11 is 0. The average Bonchev–Trinajstić information content (AvgIpc) is 2.64. The Morgan fingerprint density at radius 1 is 1.35 bits per heavy atom. The molecule has 0 spiro atoms. The summed E-state index contributed by atoms with van der Waals surface area (Å²) in [6.07, 6.45) is 5.27. The minimum absolute atomic E-state index is 0.0792. The zero-order valence-electron chi connectivity index (χ0n) is 11.8. The van der Waals surface area contributed by atoms with Crippen molar-refractivity contribution in [1.82, 2.24) is 10.5 Å². The molecule has 0 atom stereocenters. The highest BCUT2D eigenvalue weighted by atomic mass is 16.5. The van der Waals surface area contributed by atoms with Crippen LogP contribution in [0.4, 0.5) is 0 Å². The van der Waals surface area contributed by atoms with Crippen LogP contribution in [0.25, 0.3) is 0 Å². The quantitative estimate of drug-likeness (QED) is 0.809. The van der Waals surface area contributed by atoms with Crippen LogP contribution in [-0.2, 0) is 16.0 Å². The van der Waals surface area contributed by atoms with Gasteiger partial charge in [-0.3, -0.25) is 9.59 Å². The molecule has 6 heteroatoms. The highest BCUT2D eigenvalue weighted by molar-refractivity contribution is 5.90. The van der Waals surface area contributed by atoms with Gasteiger partial charge in [0.1, 0.15) is 11.3 Å². The van der Waals surface area contributed by atoms with Gasteiger partial charge in [-0.2, -0.15) is 0 Å². The van der Waals surface area contributed by atoms with Crippen molar-refractivity contribution >= 4 is 11.8 Å². The summed E-state index contributed by atoms with van der Waals surface area (Å²) in [6.45, 7) is 1.79. The van der Waals surface area contributed by atoms with Crippen molar-refractivity contribution in [2.45, 2.75) is 57.4 Å². The van der Waals surface area contributed by atoms with Crippen LogP contribution in [0.5, 0.6) is 0 Å². The number of nitrogens with two attached hydrogens (primary N) is 1. The Bertz CT molecular complexity index is 488. The highest BCUT2D eigenvalue weighted by Crippen LogP contribution is 2.27. The van der Waals surface area contributed by atoms with Gasteiger partial charge in [0.05, 0.1) is 12.1 Å². The molecule has 2 amide bonds. The van der Waals surface area contributed by atoms with Crippen molar-refractivity contribution in [2.75, 3.05) is 0 Å². The van der Waals surface area contributed by atoms with Gasteiger partial charge >= 0.3 is 0 Å². The third kappa shape index (κ3) is 3.37. The maximum Gasteiger partial charge on any atom is 0.243 e. The van der Waals surface area contributed by atoms with E-state index in [0.29, 0.717) is 18.6 Å². The lowest BCUT2D eigenvalue weighted by atomic mass is 9.89. The molecule has 1 aromatic heterocycles. The van der Waals surface area contributed by atoms with E-state index in [4.69, 9.17) is 10.3 Å². The average molecular weight is 279 g/mol. The number of nitrogens with one attached hydrogen (secondary N) is 1. The van der Waals surface area contributed by atoms with Crippen LogP contribution in [0.3, 0.4) is 0 Å². The first-order valence-electron chi connectivity index (χ1n) is 7.05. The van der Waals surface area contributed by atoms with E-state index in [1.54, 1.807) is 13.0 Å². The number of carbonyl (C=O) groups is 2. The monoisotopic (exact) mass is 279 g/mol. The van der Waals surface area contributed by atoms with Crippen LogP contribution in [0.2, 0.25) is 0 Å². The number of aryl methyl sites for hydroxylation is 1. The van der Waals surface area contributed by atoms with E-state index in [9.17, 15) is 9.59 Å². The Labute approximate surface area is 118 Å². The molecule has 2 rings (SSSR count). The predicted molar refractivity (Wildman–Crippen MR) is 72.7 cm³/mol. The summed E-state index contributed by atoms with van der Waals surface area (Å²) < 4.78 is 5.02. The molecule has 110 valence electrons. The van der Waals surface area contributed by atoms with Crippen molar-refractivity contribution in [3.8, 4) is 0 Å². The van der Waals surface area contributed by atoms with E-state index in [-0.39, 0.29) is 12.3 Å². The Balaban J connectivity index is 2.03. The number of nitrogens with zero attached hydrogens (tertiary/aromatic N) is 1. The first-order valence-corrected chi connectivity index (χ1v) is 7.05. The molecule has 0 aliphatic heterocycles. The van der Waals surface area contributed by atoms with E-state index < -0.39 is 11.4 Å². The van der Waals surface area contributed by atoms with Crippen molar-refractivity contribution in [2.24, 2.45) is 5.73 Å². The SMILES string of the molecule is Cc1cc(CC(=O)NC2(C(N)=O)CCCCCC2)on1. The first kappa shape index (κ1) is 14.6. The molecule has 1 saturated carbocycles. The van der Waals surface area contributed by atoms with Crippen molar-refractivity contribution in [3.63, 3.8) is 0 Å². The summed E-state index contributed by atoms with van der Waals surface area (Å²) in [5.41, 5.74) is 5.36. The molecule has 0 bridgehead atoms. The summed E-state index contributed by atoms with van der Waals surface area (Å²) in [4.78, 5) is 23.9. The maximum absolute atomic E-state index is 12.1. The van der Waals surface area contributed by atoms with Crippen LogP contribution >= 0.6 is 0 Å². The molecule has 1 aliphatic carbocycles. The minimum Gasteiger partial charge on any atom is -0.368 e. The molecule has 6 nitrogen and oxygen atoms in total. The number of hydrogen-bond acceptors (Lipinski definition) is 4. The van der Waals surface area contributed by atoms with Gasteiger partial charge in [-0.15, -0.1) is 0 Å². The maximum atomic E-state index is 12.1. The van der Waals surface area contributed by atoms with Gasteiger partial charge in [0, 0.05) is 6.07 Å². The van der Waals surface area contributed by atoms with Crippen LogP contribution in [0.15, 0.2) is 10.6 Å². The molecular weight excluding hydrogens is 258 g/mol. The van der Waals surface area contributed by atoms with Crippen LogP contribution in [-0.4, -0.2) is 22.5 Å². The standard InChI is InChI=1S/C14H21N3O3/c1-10-8-11(20-17-10)9-12(18)16-14(13(15)19)6-4-2-3-5-7-14/h8H,2-7,9H2,1H3,(H2,15,19)(H,16,18). The van der Waals surface area contributed by atoms with Gasteiger partial charge in [-0.1, -0.05) is 30.8 Å². The lowest BCUT2D eigenvalue weighted by Crippen LogP contribution is -2.57. The Kier molecular flexibility index (Phi) is 4.42. The summed E-state index contributed by atoms with van der Waals surface area (Å²) in [7, 11) is 0. The summed E-state index contributed by atoms with van der Waals surface area (Å²) in [5.74, 6) is -0.198. The highest BCUT2D eigenvalue weighted by Gasteiger charge is 2.38. The van der Waals surface area contributed by atoms with E-state index in [0.717, 1.165) is 31.4 Å². The second-order valence-corrected chi connectivity index (χ2v) is 5.52. The zero-order valence-corrected chi connectivity index (χ0v) is 11.8. The van der Waals surface area contributed by atoms with Crippen LogP contribution < -0.4 is 11.1 Å². The smallest absolute Gasteiger partial charge is 0.243 e. The lowest BCUT2D eigenvalue weighted by molar-refractivity contribution is -0.132. The minimum atomic E-state index is -0.900. The fourth-order valence-corrected chi connectivity index (χ4v) is 2.73. The van der Waals surface area contributed by atoms with Crippen molar-refractivity contribution in [3.05, 3.63) is 17.5 Å². The second-order valence-electron chi connectivity index (χ2n) is 5.52. The molecule has 0 unspecified atom stereocenters. The number of hydrogen-bond donors (Lipinski definition) is 2. The Morgan fingerprint density at radius 2 is 2.00 bits per heavy atom. The van der Waals surface area contributed by atoms with Crippen LogP contribution in [0.1, 0.15) is 50.0 Å². The molecule has 1 aliphatic rings. The first-order chi connectivity index (χ1) is 9.52. The molecule has 1 heterocycles.